The van der Waals surface area contributed by atoms with Gasteiger partial charge in [0.1, 0.15) is 0 Å². The highest BCUT2D eigenvalue weighted by Gasteiger charge is 2.31. The lowest BCUT2D eigenvalue weighted by Crippen LogP contribution is -2.30. The van der Waals surface area contributed by atoms with Crippen LogP contribution in [-0.2, 0) is 9.53 Å². The van der Waals surface area contributed by atoms with E-state index in [9.17, 15) is 4.79 Å². The van der Waals surface area contributed by atoms with Gasteiger partial charge >= 0.3 is 5.97 Å². The SMILES string of the molecule is CC(CCC(COC(=O)C1CCCCC1C)C(C)CC(C)(C)C)CC(C)(C)C. The summed E-state index contributed by atoms with van der Waals surface area (Å²) in [4.78, 5) is 12.7. The van der Waals surface area contributed by atoms with Crippen molar-refractivity contribution < 1.29 is 9.53 Å². The van der Waals surface area contributed by atoms with Crippen LogP contribution in [0, 0.1) is 40.4 Å². The Morgan fingerprint density at radius 3 is 2.04 bits per heavy atom. The summed E-state index contributed by atoms with van der Waals surface area (Å²) in [5, 5.41) is 0. The Morgan fingerprint density at radius 2 is 1.50 bits per heavy atom. The van der Waals surface area contributed by atoms with Gasteiger partial charge in [0.05, 0.1) is 12.5 Å². The van der Waals surface area contributed by atoms with E-state index in [0.29, 0.717) is 35.2 Å². The first kappa shape index (κ1) is 25.5. The molecule has 5 atom stereocenters. The summed E-state index contributed by atoms with van der Waals surface area (Å²) < 4.78 is 5.94. The molecule has 0 amide bonds. The lowest BCUT2D eigenvalue weighted by molar-refractivity contribution is -0.153. The second-order valence-corrected chi connectivity index (χ2v) is 12.4. The highest BCUT2D eigenvalue weighted by Crippen LogP contribution is 2.35. The molecule has 0 aromatic heterocycles. The maximum absolute atomic E-state index is 12.7. The zero-order chi connectivity index (χ0) is 21.5. The number of ether oxygens (including phenoxy) is 1. The van der Waals surface area contributed by atoms with Crippen molar-refractivity contribution in [3.05, 3.63) is 0 Å². The van der Waals surface area contributed by atoms with Gasteiger partial charge in [0.2, 0.25) is 0 Å². The summed E-state index contributed by atoms with van der Waals surface area (Å²) in [5.74, 6) is 2.47. The number of rotatable bonds is 9. The normalized spacial score (nSPS) is 24.5. The van der Waals surface area contributed by atoms with Crippen LogP contribution in [0.5, 0.6) is 0 Å². The molecule has 0 aromatic carbocycles. The molecule has 0 saturated heterocycles. The highest BCUT2D eigenvalue weighted by molar-refractivity contribution is 5.72. The van der Waals surface area contributed by atoms with Crippen molar-refractivity contribution in [2.45, 2.75) is 114 Å². The van der Waals surface area contributed by atoms with Gasteiger partial charge in [0.25, 0.3) is 0 Å². The van der Waals surface area contributed by atoms with E-state index in [1.54, 1.807) is 0 Å². The van der Waals surface area contributed by atoms with Crippen molar-refractivity contribution in [1.29, 1.82) is 0 Å². The summed E-state index contributed by atoms with van der Waals surface area (Å²) in [6, 6.07) is 0. The van der Waals surface area contributed by atoms with Crippen LogP contribution in [0.1, 0.15) is 114 Å². The zero-order valence-electron chi connectivity index (χ0n) is 20.6. The third kappa shape index (κ3) is 10.3. The van der Waals surface area contributed by atoms with Crippen LogP contribution in [0.25, 0.3) is 0 Å². The van der Waals surface area contributed by atoms with Crippen molar-refractivity contribution in [3.8, 4) is 0 Å². The fourth-order valence-corrected chi connectivity index (χ4v) is 5.27. The number of carbonyl (C=O) groups excluding carboxylic acids is 1. The number of carbonyl (C=O) groups is 1. The molecule has 2 nitrogen and oxygen atoms in total. The molecule has 2 heteroatoms. The Morgan fingerprint density at radius 1 is 0.929 bits per heavy atom. The molecule has 0 bridgehead atoms. The Labute approximate surface area is 176 Å². The van der Waals surface area contributed by atoms with Crippen LogP contribution in [-0.4, -0.2) is 12.6 Å². The second kappa shape index (κ2) is 11.0. The van der Waals surface area contributed by atoms with Gasteiger partial charge < -0.3 is 4.74 Å². The van der Waals surface area contributed by atoms with Crippen molar-refractivity contribution >= 4 is 5.97 Å². The van der Waals surface area contributed by atoms with Gasteiger partial charge in [-0.25, -0.2) is 0 Å². The van der Waals surface area contributed by atoms with Crippen LogP contribution in [0.4, 0.5) is 0 Å². The molecule has 0 spiro atoms. The van der Waals surface area contributed by atoms with E-state index in [0.717, 1.165) is 12.3 Å². The third-order valence-electron chi connectivity index (χ3n) is 6.58. The Hall–Kier alpha value is -0.530. The molecule has 1 saturated carbocycles. The number of hydrogen-bond acceptors (Lipinski definition) is 2. The summed E-state index contributed by atoms with van der Waals surface area (Å²) in [5.41, 5.74) is 0.701. The number of hydrogen-bond donors (Lipinski definition) is 0. The predicted octanol–water partition coefficient (Wildman–Crippen LogP) is 7.90. The minimum Gasteiger partial charge on any atom is -0.465 e. The fourth-order valence-electron chi connectivity index (χ4n) is 5.27. The first-order chi connectivity index (χ1) is 12.8. The van der Waals surface area contributed by atoms with Crippen LogP contribution >= 0.6 is 0 Å². The average Bonchev–Trinajstić information content (AvgIpc) is 2.51. The quantitative estimate of drug-likeness (QED) is 0.371. The van der Waals surface area contributed by atoms with Gasteiger partial charge in [0, 0.05) is 0 Å². The largest absolute Gasteiger partial charge is 0.465 e. The van der Waals surface area contributed by atoms with E-state index in [1.165, 1.54) is 44.9 Å². The van der Waals surface area contributed by atoms with Gasteiger partial charge in [-0.3, -0.25) is 4.79 Å². The standard InChI is InChI=1S/C26H50O2/c1-19(16-25(4,5)6)14-15-22(21(3)17-26(7,8)9)18-28-24(27)23-13-11-10-12-20(23)2/h19-23H,10-18H2,1-9H3. The molecule has 5 unspecified atom stereocenters. The Bertz CT molecular complexity index is 454. The van der Waals surface area contributed by atoms with Crippen LogP contribution in [0.15, 0.2) is 0 Å². The maximum atomic E-state index is 12.7. The predicted molar refractivity (Wildman–Crippen MR) is 121 cm³/mol. The van der Waals surface area contributed by atoms with Crippen molar-refractivity contribution in [3.63, 3.8) is 0 Å². The average molecular weight is 395 g/mol. The minimum atomic E-state index is 0.0721. The van der Waals surface area contributed by atoms with E-state index in [4.69, 9.17) is 4.74 Å². The monoisotopic (exact) mass is 394 g/mol. The van der Waals surface area contributed by atoms with Crippen LogP contribution < -0.4 is 0 Å². The lowest BCUT2D eigenvalue weighted by Gasteiger charge is -2.32. The van der Waals surface area contributed by atoms with E-state index in [2.05, 4.69) is 62.3 Å². The minimum absolute atomic E-state index is 0.0721. The van der Waals surface area contributed by atoms with E-state index < -0.39 is 0 Å². The first-order valence-electron chi connectivity index (χ1n) is 11.9. The molecule has 28 heavy (non-hydrogen) atoms. The van der Waals surface area contributed by atoms with Gasteiger partial charge in [-0.1, -0.05) is 81.6 Å². The summed E-state index contributed by atoms with van der Waals surface area (Å²) in [7, 11) is 0. The molecule has 1 rings (SSSR count). The molecule has 1 aliphatic carbocycles. The molecule has 0 heterocycles. The molecular formula is C26H50O2. The third-order valence-corrected chi connectivity index (χ3v) is 6.58. The van der Waals surface area contributed by atoms with Gasteiger partial charge in [-0.05, 0) is 66.6 Å². The first-order valence-corrected chi connectivity index (χ1v) is 11.9. The smallest absolute Gasteiger partial charge is 0.309 e. The second-order valence-electron chi connectivity index (χ2n) is 12.4. The van der Waals surface area contributed by atoms with Crippen LogP contribution in [0.3, 0.4) is 0 Å². The Balaban J connectivity index is 2.65. The summed E-state index contributed by atoms with van der Waals surface area (Å²) in [6.07, 6.45) is 9.48. The van der Waals surface area contributed by atoms with E-state index >= 15 is 0 Å². The molecule has 0 aromatic rings. The molecule has 0 aliphatic heterocycles. The molecule has 0 N–H and O–H groups in total. The van der Waals surface area contributed by atoms with E-state index in [1.807, 2.05) is 0 Å². The lowest BCUT2D eigenvalue weighted by atomic mass is 9.76. The molecule has 1 aliphatic rings. The highest BCUT2D eigenvalue weighted by atomic mass is 16.5. The maximum Gasteiger partial charge on any atom is 0.309 e. The van der Waals surface area contributed by atoms with E-state index in [-0.39, 0.29) is 11.9 Å². The molecule has 0 radical (unpaired) electrons. The summed E-state index contributed by atoms with van der Waals surface area (Å²) in [6.45, 7) is 21.5. The van der Waals surface area contributed by atoms with Crippen molar-refractivity contribution in [1.82, 2.24) is 0 Å². The number of esters is 1. The zero-order valence-corrected chi connectivity index (χ0v) is 20.6. The topological polar surface area (TPSA) is 26.3 Å². The molecule has 1 fully saturated rings. The van der Waals surface area contributed by atoms with Gasteiger partial charge in [0.15, 0.2) is 0 Å². The van der Waals surface area contributed by atoms with Crippen LogP contribution in [0.2, 0.25) is 0 Å². The molecule has 166 valence electrons. The summed E-state index contributed by atoms with van der Waals surface area (Å²) >= 11 is 0. The van der Waals surface area contributed by atoms with Crippen molar-refractivity contribution in [2.24, 2.45) is 40.4 Å². The Kier molecular flexibility index (Phi) is 10.0. The van der Waals surface area contributed by atoms with Gasteiger partial charge in [-0.15, -0.1) is 0 Å². The van der Waals surface area contributed by atoms with Crippen molar-refractivity contribution in [2.75, 3.05) is 6.61 Å². The molecular weight excluding hydrogens is 344 g/mol. The fraction of sp³-hybridized carbons (Fsp3) is 0.962. The van der Waals surface area contributed by atoms with Gasteiger partial charge in [-0.2, -0.15) is 0 Å².